The highest BCUT2D eigenvalue weighted by molar-refractivity contribution is 5.67. The molecule has 0 aliphatic heterocycles. The molecule has 0 bridgehead atoms. The van der Waals surface area contributed by atoms with Crippen LogP contribution in [-0.2, 0) is 4.79 Å². The fraction of sp³-hybridized carbons (Fsp3) is 0.636. The maximum Gasteiger partial charge on any atom is 0.325 e. The molecule has 0 radical (unpaired) electrons. The summed E-state index contributed by atoms with van der Waals surface area (Å²) in [6, 6.07) is 0.240. The Bertz CT molecular complexity index is 413. The van der Waals surface area contributed by atoms with Gasteiger partial charge in [0.25, 0.3) is 0 Å². The maximum atomic E-state index is 11.4. The summed E-state index contributed by atoms with van der Waals surface area (Å²) >= 11 is 0. The first-order chi connectivity index (χ1) is 7.66. The van der Waals surface area contributed by atoms with Crippen molar-refractivity contribution in [2.24, 2.45) is 5.92 Å². The van der Waals surface area contributed by atoms with Crippen molar-refractivity contribution in [1.29, 1.82) is 0 Å². The lowest BCUT2D eigenvalue weighted by molar-refractivity contribution is -0.138. The zero-order chi connectivity index (χ0) is 11.5. The molecule has 1 aliphatic carbocycles. The van der Waals surface area contributed by atoms with Crippen molar-refractivity contribution in [2.75, 3.05) is 0 Å². The first-order valence-electron chi connectivity index (χ1n) is 5.64. The Balaban J connectivity index is 1.93. The third-order valence-electron chi connectivity index (χ3n) is 3.35. The average Bonchev–Trinajstić information content (AvgIpc) is 2.65. The molecule has 1 saturated carbocycles. The topological polar surface area (TPSA) is 75.1 Å². The van der Waals surface area contributed by atoms with Crippen LogP contribution in [0.2, 0.25) is 0 Å². The molecule has 0 unspecified atom stereocenters. The SMILES string of the molecule is O=C(O)CC1CCC(n2cc[nH]c2=O)CC1. The van der Waals surface area contributed by atoms with Gasteiger partial charge in [-0.3, -0.25) is 9.36 Å². The van der Waals surface area contributed by atoms with Crippen LogP contribution < -0.4 is 5.69 Å². The number of nitrogens with zero attached hydrogens (tertiary/aromatic N) is 1. The molecule has 5 heteroatoms. The van der Waals surface area contributed by atoms with Gasteiger partial charge in [0.1, 0.15) is 0 Å². The molecule has 2 rings (SSSR count). The number of carboxylic acid groups (broad SMARTS) is 1. The Morgan fingerprint density at radius 3 is 2.62 bits per heavy atom. The van der Waals surface area contributed by atoms with Crippen molar-refractivity contribution in [2.45, 2.75) is 38.1 Å². The molecule has 2 N–H and O–H groups in total. The van der Waals surface area contributed by atoms with Crippen LogP contribution in [0.4, 0.5) is 0 Å². The molecule has 5 nitrogen and oxygen atoms in total. The number of aromatic amines is 1. The van der Waals surface area contributed by atoms with Crippen LogP contribution in [0.15, 0.2) is 17.2 Å². The lowest BCUT2D eigenvalue weighted by atomic mass is 9.84. The Labute approximate surface area is 93.1 Å². The molecular formula is C11H16N2O3. The van der Waals surface area contributed by atoms with E-state index < -0.39 is 5.97 Å². The predicted molar refractivity (Wildman–Crippen MR) is 58.3 cm³/mol. The van der Waals surface area contributed by atoms with Gasteiger partial charge in [-0.15, -0.1) is 0 Å². The molecule has 0 amide bonds. The summed E-state index contributed by atoms with van der Waals surface area (Å²) < 4.78 is 1.72. The van der Waals surface area contributed by atoms with E-state index in [1.807, 2.05) is 0 Å². The highest BCUT2D eigenvalue weighted by atomic mass is 16.4. The number of H-pyrrole nitrogens is 1. The zero-order valence-corrected chi connectivity index (χ0v) is 9.06. The van der Waals surface area contributed by atoms with Crippen molar-refractivity contribution < 1.29 is 9.90 Å². The van der Waals surface area contributed by atoms with Crippen LogP contribution in [-0.4, -0.2) is 20.6 Å². The summed E-state index contributed by atoms with van der Waals surface area (Å²) in [5, 5.41) is 8.70. The van der Waals surface area contributed by atoms with Gasteiger partial charge in [-0.2, -0.15) is 0 Å². The van der Waals surface area contributed by atoms with Crippen molar-refractivity contribution in [3.05, 3.63) is 22.9 Å². The summed E-state index contributed by atoms with van der Waals surface area (Å²) in [5.74, 6) is -0.439. The largest absolute Gasteiger partial charge is 0.481 e. The molecule has 1 aromatic heterocycles. The number of rotatable bonds is 3. The van der Waals surface area contributed by atoms with Crippen molar-refractivity contribution in [3.8, 4) is 0 Å². The molecule has 16 heavy (non-hydrogen) atoms. The van der Waals surface area contributed by atoms with Crippen molar-refractivity contribution >= 4 is 5.97 Å². The second kappa shape index (κ2) is 4.55. The van der Waals surface area contributed by atoms with E-state index in [9.17, 15) is 9.59 Å². The molecule has 0 spiro atoms. The van der Waals surface area contributed by atoms with Gasteiger partial charge < -0.3 is 10.1 Å². The summed E-state index contributed by atoms with van der Waals surface area (Å²) in [4.78, 5) is 24.6. The van der Waals surface area contributed by atoms with Crippen LogP contribution in [0.1, 0.15) is 38.1 Å². The number of carboxylic acids is 1. The van der Waals surface area contributed by atoms with Gasteiger partial charge in [-0.05, 0) is 31.6 Å². The third kappa shape index (κ3) is 2.35. The summed E-state index contributed by atoms with van der Waals surface area (Å²) in [6.45, 7) is 0. The quantitative estimate of drug-likeness (QED) is 0.814. The number of imidazole rings is 1. The van der Waals surface area contributed by atoms with Crippen LogP contribution in [0.25, 0.3) is 0 Å². The second-order valence-corrected chi connectivity index (χ2v) is 4.44. The van der Waals surface area contributed by atoms with Gasteiger partial charge in [0, 0.05) is 24.9 Å². The van der Waals surface area contributed by atoms with E-state index >= 15 is 0 Å². The van der Waals surface area contributed by atoms with Gasteiger partial charge in [0.15, 0.2) is 0 Å². The summed E-state index contributed by atoms with van der Waals surface area (Å²) in [7, 11) is 0. The summed E-state index contributed by atoms with van der Waals surface area (Å²) in [5.41, 5.74) is -0.0679. The highest BCUT2D eigenvalue weighted by Gasteiger charge is 2.24. The number of aliphatic carboxylic acids is 1. The Morgan fingerprint density at radius 2 is 2.12 bits per heavy atom. The van der Waals surface area contributed by atoms with Gasteiger partial charge in [0.05, 0.1) is 0 Å². The molecule has 1 fully saturated rings. The fourth-order valence-electron chi connectivity index (χ4n) is 2.49. The lowest BCUT2D eigenvalue weighted by Crippen LogP contribution is -2.26. The molecule has 1 aliphatic rings. The number of nitrogens with one attached hydrogen (secondary N) is 1. The normalized spacial score (nSPS) is 25.5. The van der Waals surface area contributed by atoms with E-state index in [1.165, 1.54) is 0 Å². The van der Waals surface area contributed by atoms with Crippen LogP contribution in [0, 0.1) is 5.92 Å². The first-order valence-corrected chi connectivity index (χ1v) is 5.64. The van der Waals surface area contributed by atoms with Gasteiger partial charge >= 0.3 is 11.7 Å². The molecular weight excluding hydrogens is 208 g/mol. The standard InChI is InChI=1S/C11H16N2O3/c14-10(15)7-8-1-3-9(4-2-8)13-6-5-12-11(13)16/h5-6,8-9H,1-4,7H2,(H,12,16)(H,14,15). The molecule has 1 aromatic rings. The number of hydrogen-bond donors (Lipinski definition) is 2. The minimum absolute atomic E-state index is 0.0679. The number of hydrogen-bond acceptors (Lipinski definition) is 2. The van der Waals surface area contributed by atoms with Gasteiger partial charge in [-0.1, -0.05) is 0 Å². The van der Waals surface area contributed by atoms with Crippen LogP contribution >= 0.6 is 0 Å². The summed E-state index contributed by atoms with van der Waals surface area (Å²) in [6.07, 6.45) is 7.26. The van der Waals surface area contributed by atoms with Crippen molar-refractivity contribution in [1.82, 2.24) is 9.55 Å². The second-order valence-electron chi connectivity index (χ2n) is 4.44. The Morgan fingerprint density at radius 1 is 1.44 bits per heavy atom. The van der Waals surface area contributed by atoms with E-state index in [0.29, 0.717) is 0 Å². The smallest absolute Gasteiger partial charge is 0.325 e. The average molecular weight is 224 g/mol. The molecule has 0 aromatic carbocycles. The monoisotopic (exact) mass is 224 g/mol. The molecule has 0 saturated heterocycles. The molecule has 1 heterocycles. The first kappa shape index (κ1) is 11.0. The minimum atomic E-state index is -0.720. The highest BCUT2D eigenvalue weighted by Crippen LogP contribution is 2.32. The van der Waals surface area contributed by atoms with Crippen LogP contribution in [0.3, 0.4) is 0 Å². The molecule has 0 atom stereocenters. The third-order valence-corrected chi connectivity index (χ3v) is 3.35. The van der Waals surface area contributed by atoms with E-state index in [0.717, 1.165) is 25.7 Å². The van der Waals surface area contributed by atoms with Crippen LogP contribution in [0.5, 0.6) is 0 Å². The number of carbonyl (C=O) groups is 1. The fourth-order valence-corrected chi connectivity index (χ4v) is 2.49. The van der Waals surface area contributed by atoms with E-state index in [2.05, 4.69) is 4.98 Å². The number of aromatic nitrogens is 2. The zero-order valence-electron chi connectivity index (χ0n) is 9.06. The van der Waals surface area contributed by atoms with E-state index in [1.54, 1.807) is 17.0 Å². The lowest BCUT2D eigenvalue weighted by Gasteiger charge is -2.27. The van der Waals surface area contributed by atoms with Gasteiger partial charge in [0.2, 0.25) is 0 Å². The van der Waals surface area contributed by atoms with Gasteiger partial charge in [-0.25, -0.2) is 4.79 Å². The van der Waals surface area contributed by atoms with E-state index in [-0.39, 0.29) is 24.1 Å². The maximum absolute atomic E-state index is 11.4. The predicted octanol–water partition coefficient (Wildman–Crippen LogP) is 1.38. The molecule has 88 valence electrons. The van der Waals surface area contributed by atoms with E-state index in [4.69, 9.17) is 5.11 Å². The van der Waals surface area contributed by atoms with Crippen molar-refractivity contribution in [3.63, 3.8) is 0 Å². The minimum Gasteiger partial charge on any atom is -0.481 e. The Hall–Kier alpha value is -1.52. The Kier molecular flexibility index (Phi) is 3.12.